The fourth-order valence-electron chi connectivity index (χ4n) is 2.62. The lowest BCUT2D eigenvalue weighted by molar-refractivity contribution is 0.316. The summed E-state index contributed by atoms with van der Waals surface area (Å²) in [5.41, 5.74) is 7.68. The number of nitrogens with two attached hydrogens (primary N) is 1. The van der Waals surface area contributed by atoms with Crippen LogP contribution in [0.5, 0.6) is 0 Å². The van der Waals surface area contributed by atoms with E-state index in [9.17, 15) is 8.42 Å². The third-order valence-corrected chi connectivity index (χ3v) is 6.63. The number of rotatable bonds is 3. The van der Waals surface area contributed by atoms with Crippen LogP contribution in [0.3, 0.4) is 0 Å². The van der Waals surface area contributed by atoms with Crippen LogP contribution in [0.25, 0.3) is 10.6 Å². The van der Waals surface area contributed by atoms with Gasteiger partial charge in [-0.15, -0.1) is 23.7 Å². The van der Waals surface area contributed by atoms with E-state index in [1.165, 1.54) is 15.6 Å². The second kappa shape index (κ2) is 7.27. The van der Waals surface area contributed by atoms with Crippen LogP contribution in [0.15, 0.2) is 34.5 Å². The minimum absolute atomic E-state index is 0. The first-order valence-corrected chi connectivity index (χ1v) is 9.57. The lowest BCUT2D eigenvalue weighted by Crippen LogP contribution is -2.45. The van der Waals surface area contributed by atoms with Gasteiger partial charge in [0.15, 0.2) is 0 Å². The number of halogens is 1. The zero-order valence-electron chi connectivity index (χ0n) is 12.8. The molecule has 2 heterocycles. The van der Waals surface area contributed by atoms with Crippen LogP contribution in [0, 0.1) is 6.92 Å². The molecular weight excluding hydrogens is 354 g/mol. The van der Waals surface area contributed by atoms with Gasteiger partial charge >= 0.3 is 0 Å². The van der Waals surface area contributed by atoms with E-state index in [0.717, 1.165) is 29.1 Å². The van der Waals surface area contributed by atoms with Gasteiger partial charge in [-0.05, 0) is 31.9 Å². The number of benzene rings is 1. The van der Waals surface area contributed by atoms with Crippen LogP contribution >= 0.6 is 23.7 Å². The molecule has 1 saturated heterocycles. The van der Waals surface area contributed by atoms with Crippen molar-refractivity contribution in [3.8, 4) is 10.6 Å². The molecule has 0 saturated carbocycles. The van der Waals surface area contributed by atoms with Crippen molar-refractivity contribution in [3.05, 3.63) is 35.3 Å². The van der Waals surface area contributed by atoms with Crippen molar-refractivity contribution in [2.45, 2.75) is 30.7 Å². The molecule has 1 atom stereocenters. The van der Waals surface area contributed by atoms with Gasteiger partial charge in [-0.25, -0.2) is 13.4 Å². The maximum absolute atomic E-state index is 12.8. The molecular formula is C15H20ClN3O2S2. The third kappa shape index (κ3) is 3.92. The maximum Gasteiger partial charge on any atom is 0.243 e. The second-order valence-electron chi connectivity index (χ2n) is 5.59. The van der Waals surface area contributed by atoms with Gasteiger partial charge in [-0.2, -0.15) is 4.31 Å². The molecule has 1 aliphatic heterocycles. The molecule has 2 N–H and O–H groups in total. The summed E-state index contributed by atoms with van der Waals surface area (Å²) in [5, 5.41) is 2.80. The topological polar surface area (TPSA) is 76.3 Å². The molecule has 0 bridgehead atoms. The highest BCUT2D eigenvalue weighted by molar-refractivity contribution is 7.89. The molecule has 8 heteroatoms. The van der Waals surface area contributed by atoms with E-state index in [1.54, 1.807) is 18.2 Å². The number of aryl methyl sites for hydroxylation is 1. The molecule has 0 amide bonds. The second-order valence-corrected chi connectivity index (χ2v) is 8.38. The zero-order chi connectivity index (χ0) is 15.7. The largest absolute Gasteiger partial charge is 0.327 e. The lowest BCUT2D eigenvalue weighted by Gasteiger charge is -2.29. The quantitative estimate of drug-likeness (QED) is 0.897. The Morgan fingerprint density at radius 3 is 2.83 bits per heavy atom. The Hall–Kier alpha value is -0.990. The zero-order valence-corrected chi connectivity index (χ0v) is 15.3. The Balaban J connectivity index is 0.00000192. The standard InChI is InChI=1S/C15H19N3O2S2.ClH/c1-11-10-21-15(17-11)12-4-2-6-14(8-12)22(19,20)18-7-3-5-13(16)9-18;/h2,4,6,8,10,13H,3,5,7,9,16H2,1H3;1H. The van der Waals surface area contributed by atoms with Crippen molar-refractivity contribution in [1.29, 1.82) is 0 Å². The number of hydrogen-bond donors (Lipinski definition) is 1. The van der Waals surface area contributed by atoms with Crippen molar-refractivity contribution in [3.63, 3.8) is 0 Å². The van der Waals surface area contributed by atoms with Gasteiger partial charge in [0, 0.05) is 35.8 Å². The summed E-state index contributed by atoms with van der Waals surface area (Å²) < 4.78 is 27.0. The fraction of sp³-hybridized carbons (Fsp3) is 0.400. The first kappa shape index (κ1) is 18.4. The van der Waals surface area contributed by atoms with E-state index >= 15 is 0 Å². The molecule has 126 valence electrons. The molecule has 0 spiro atoms. The SMILES string of the molecule is Cc1csc(-c2cccc(S(=O)(=O)N3CCCC(N)C3)c2)n1.Cl. The minimum atomic E-state index is -3.49. The average molecular weight is 374 g/mol. The van der Waals surface area contributed by atoms with Crippen LogP contribution in [-0.2, 0) is 10.0 Å². The monoisotopic (exact) mass is 373 g/mol. The molecule has 1 aliphatic rings. The Morgan fingerprint density at radius 2 is 2.17 bits per heavy atom. The first-order chi connectivity index (χ1) is 10.5. The van der Waals surface area contributed by atoms with Crippen LogP contribution in [-0.4, -0.2) is 36.8 Å². The predicted molar refractivity (Wildman–Crippen MR) is 95.5 cm³/mol. The number of piperidine rings is 1. The molecule has 1 unspecified atom stereocenters. The summed E-state index contributed by atoms with van der Waals surface area (Å²) in [6, 6.07) is 6.92. The molecule has 2 aromatic rings. The van der Waals surface area contributed by atoms with E-state index in [2.05, 4.69) is 4.98 Å². The van der Waals surface area contributed by atoms with E-state index in [-0.39, 0.29) is 18.4 Å². The van der Waals surface area contributed by atoms with Gasteiger partial charge in [0.1, 0.15) is 5.01 Å². The van der Waals surface area contributed by atoms with Gasteiger partial charge in [0.2, 0.25) is 10.0 Å². The highest BCUT2D eigenvalue weighted by Gasteiger charge is 2.29. The van der Waals surface area contributed by atoms with Crippen LogP contribution < -0.4 is 5.73 Å². The summed E-state index contributed by atoms with van der Waals surface area (Å²) in [4.78, 5) is 4.73. The summed E-state index contributed by atoms with van der Waals surface area (Å²) in [6.07, 6.45) is 1.69. The van der Waals surface area contributed by atoms with Crippen molar-refractivity contribution in [2.24, 2.45) is 5.73 Å². The summed E-state index contributed by atoms with van der Waals surface area (Å²) in [7, 11) is -3.49. The number of thiazole rings is 1. The predicted octanol–water partition coefficient (Wildman–Crippen LogP) is 2.65. The van der Waals surface area contributed by atoms with Crippen molar-refractivity contribution in [1.82, 2.24) is 9.29 Å². The highest BCUT2D eigenvalue weighted by atomic mass is 35.5. The van der Waals surface area contributed by atoms with Crippen molar-refractivity contribution in [2.75, 3.05) is 13.1 Å². The number of sulfonamides is 1. The summed E-state index contributed by atoms with van der Waals surface area (Å²) >= 11 is 1.52. The molecule has 1 fully saturated rings. The van der Waals surface area contributed by atoms with E-state index in [4.69, 9.17) is 5.73 Å². The van der Waals surface area contributed by atoms with Gasteiger partial charge in [0.25, 0.3) is 0 Å². The lowest BCUT2D eigenvalue weighted by atomic mass is 10.1. The Bertz CT molecular complexity index is 777. The Morgan fingerprint density at radius 1 is 1.39 bits per heavy atom. The Labute approximate surface area is 147 Å². The molecule has 1 aromatic heterocycles. The van der Waals surface area contributed by atoms with Crippen molar-refractivity contribution < 1.29 is 8.42 Å². The van der Waals surface area contributed by atoms with Gasteiger partial charge in [-0.3, -0.25) is 0 Å². The molecule has 1 aromatic carbocycles. The normalized spacial score (nSPS) is 19.3. The smallest absolute Gasteiger partial charge is 0.243 e. The molecule has 23 heavy (non-hydrogen) atoms. The highest BCUT2D eigenvalue weighted by Crippen LogP contribution is 2.27. The van der Waals surface area contributed by atoms with Crippen LogP contribution in [0.4, 0.5) is 0 Å². The minimum Gasteiger partial charge on any atom is -0.327 e. The number of nitrogens with zero attached hydrogens (tertiary/aromatic N) is 2. The van der Waals surface area contributed by atoms with Gasteiger partial charge in [-0.1, -0.05) is 12.1 Å². The molecule has 5 nitrogen and oxygen atoms in total. The van der Waals surface area contributed by atoms with Crippen LogP contribution in [0.2, 0.25) is 0 Å². The fourth-order valence-corrected chi connectivity index (χ4v) is 4.99. The molecule has 0 radical (unpaired) electrons. The van der Waals surface area contributed by atoms with Gasteiger partial charge < -0.3 is 5.73 Å². The Kier molecular flexibility index (Phi) is 5.80. The van der Waals surface area contributed by atoms with E-state index in [1.807, 2.05) is 18.4 Å². The van der Waals surface area contributed by atoms with E-state index < -0.39 is 10.0 Å². The average Bonchev–Trinajstić information content (AvgIpc) is 2.94. The van der Waals surface area contributed by atoms with Crippen LogP contribution in [0.1, 0.15) is 18.5 Å². The van der Waals surface area contributed by atoms with Gasteiger partial charge in [0.05, 0.1) is 4.90 Å². The number of aromatic nitrogens is 1. The summed E-state index contributed by atoms with van der Waals surface area (Å²) in [5.74, 6) is 0. The molecule has 3 rings (SSSR count). The number of hydrogen-bond acceptors (Lipinski definition) is 5. The van der Waals surface area contributed by atoms with Crippen molar-refractivity contribution >= 4 is 33.8 Å². The summed E-state index contributed by atoms with van der Waals surface area (Å²) in [6.45, 7) is 2.86. The maximum atomic E-state index is 12.8. The third-order valence-electron chi connectivity index (χ3n) is 3.76. The van der Waals surface area contributed by atoms with E-state index in [0.29, 0.717) is 18.0 Å². The first-order valence-electron chi connectivity index (χ1n) is 7.25. The molecule has 0 aliphatic carbocycles.